The zero-order valence-electron chi connectivity index (χ0n) is 14.8. The van der Waals surface area contributed by atoms with Crippen LogP contribution in [0.4, 0.5) is 0 Å². The third-order valence-corrected chi connectivity index (χ3v) is 3.82. The lowest BCUT2D eigenvalue weighted by Crippen LogP contribution is -2.42. The summed E-state index contributed by atoms with van der Waals surface area (Å²) in [6.07, 6.45) is 0. The number of carbonyl (C=O) groups excluding carboxylic acids is 2. The van der Waals surface area contributed by atoms with Crippen molar-refractivity contribution in [1.29, 1.82) is 0 Å². The molecule has 0 saturated carbocycles. The third-order valence-electron chi connectivity index (χ3n) is 3.00. The molecule has 1 aromatic heterocycles. The molecule has 0 saturated heterocycles. The summed E-state index contributed by atoms with van der Waals surface area (Å²) in [6, 6.07) is 6.77. The van der Waals surface area contributed by atoms with Crippen LogP contribution in [0.3, 0.4) is 0 Å². The van der Waals surface area contributed by atoms with Gasteiger partial charge in [0.25, 0.3) is 5.91 Å². The van der Waals surface area contributed by atoms with Crippen LogP contribution in [0.5, 0.6) is 5.75 Å². The number of ether oxygens (including phenoxy) is 2. The van der Waals surface area contributed by atoms with Crippen molar-refractivity contribution < 1.29 is 19.1 Å². The Kier molecular flexibility index (Phi) is 6.14. The zero-order valence-corrected chi connectivity index (χ0v) is 15.6. The Hall–Kier alpha value is -2.41. The Morgan fingerprint density at radius 3 is 2.60 bits per heavy atom. The molecule has 0 unspecified atom stereocenters. The molecule has 134 valence electrons. The molecule has 1 heterocycles. The number of nitrogens with one attached hydrogen (secondary N) is 1. The van der Waals surface area contributed by atoms with Crippen LogP contribution in [0.2, 0.25) is 0 Å². The second-order valence-corrected chi connectivity index (χ2v) is 7.58. The predicted octanol–water partition coefficient (Wildman–Crippen LogP) is 3.10. The molecule has 0 spiro atoms. The van der Waals surface area contributed by atoms with Crippen LogP contribution in [0.25, 0.3) is 0 Å². The van der Waals surface area contributed by atoms with Crippen LogP contribution >= 0.6 is 11.3 Å². The summed E-state index contributed by atoms with van der Waals surface area (Å²) in [5, 5.41) is 5.60. The van der Waals surface area contributed by atoms with Gasteiger partial charge in [0.15, 0.2) is 6.61 Å². The normalized spacial score (nSPS) is 11.0. The molecule has 0 bridgehead atoms. The summed E-state index contributed by atoms with van der Waals surface area (Å²) in [5.41, 5.74) is 0.698. The number of hydrogen-bond acceptors (Lipinski definition) is 6. The van der Waals surface area contributed by atoms with Crippen molar-refractivity contribution in [3.05, 3.63) is 45.9 Å². The lowest BCUT2D eigenvalue weighted by atomic mass is 10.1. The standard InChI is InChI=1S/C18H22N2O4S/c1-12-19-13(11-25-12)9-23-15-8-6-5-7-14(15)17(22)24-10-16(21)20-18(2,3)4/h5-8,11H,9-10H2,1-4H3,(H,20,21). The average Bonchev–Trinajstić information content (AvgIpc) is 2.95. The van der Waals surface area contributed by atoms with Crippen LogP contribution in [0.1, 0.15) is 41.8 Å². The summed E-state index contributed by atoms with van der Waals surface area (Å²) in [7, 11) is 0. The van der Waals surface area contributed by atoms with E-state index < -0.39 is 5.97 Å². The van der Waals surface area contributed by atoms with Crippen molar-refractivity contribution in [2.24, 2.45) is 0 Å². The second kappa shape index (κ2) is 8.11. The molecule has 0 aliphatic rings. The number of carbonyl (C=O) groups is 2. The van der Waals surface area contributed by atoms with Gasteiger partial charge in [-0.2, -0.15) is 0 Å². The number of amides is 1. The topological polar surface area (TPSA) is 77.5 Å². The maximum absolute atomic E-state index is 12.3. The summed E-state index contributed by atoms with van der Waals surface area (Å²) < 4.78 is 10.8. The summed E-state index contributed by atoms with van der Waals surface area (Å²) in [4.78, 5) is 28.3. The minimum atomic E-state index is -0.603. The minimum absolute atomic E-state index is 0.263. The van der Waals surface area contributed by atoms with E-state index in [0.29, 0.717) is 5.75 Å². The maximum Gasteiger partial charge on any atom is 0.342 e. The van der Waals surface area contributed by atoms with Crippen LogP contribution in [-0.4, -0.2) is 29.0 Å². The molecular weight excluding hydrogens is 340 g/mol. The lowest BCUT2D eigenvalue weighted by Gasteiger charge is -2.20. The quantitative estimate of drug-likeness (QED) is 0.799. The van der Waals surface area contributed by atoms with E-state index in [-0.39, 0.29) is 30.2 Å². The Balaban J connectivity index is 1.96. The Bertz CT molecular complexity index is 750. The maximum atomic E-state index is 12.3. The van der Waals surface area contributed by atoms with Gasteiger partial charge in [0.05, 0.1) is 10.7 Å². The Morgan fingerprint density at radius 2 is 1.96 bits per heavy atom. The number of nitrogens with zero attached hydrogens (tertiary/aromatic N) is 1. The largest absolute Gasteiger partial charge is 0.486 e. The van der Waals surface area contributed by atoms with Gasteiger partial charge in [-0.3, -0.25) is 4.79 Å². The van der Waals surface area contributed by atoms with Crippen LogP contribution in [0, 0.1) is 6.92 Å². The number of para-hydroxylation sites is 1. The first kappa shape index (κ1) is 18.9. The van der Waals surface area contributed by atoms with Crippen molar-refractivity contribution in [3.63, 3.8) is 0 Å². The van der Waals surface area contributed by atoms with Gasteiger partial charge in [0.1, 0.15) is 17.9 Å². The molecule has 2 rings (SSSR count). The number of esters is 1. The highest BCUT2D eigenvalue weighted by Gasteiger charge is 2.18. The Labute approximate surface area is 151 Å². The monoisotopic (exact) mass is 362 g/mol. The van der Waals surface area contributed by atoms with E-state index in [4.69, 9.17) is 9.47 Å². The first-order valence-electron chi connectivity index (χ1n) is 7.85. The summed E-state index contributed by atoms with van der Waals surface area (Å²) in [5.74, 6) is -0.555. The number of thiazole rings is 1. The van der Waals surface area contributed by atoms with Gasteiger partial charge in [-0.05, 0) is 39.8 Å². The fourth-order valence-corrected chi connectivity index (χ4v) is 2.65. The molecule has 0 radical (unpaired) electrons. The van der Waals surface area contributed by atoms with Crippen molar-refractivity contribution in [2.75, 3.05) is 6.61 Å². The van der Waals surface area contributed by atoms with E-state index >= 15 is 0 Å². The highest BCUT2D eigenvalue weighted by Crippen LogP contribution is 2.21. The molecule has 1 N–H and O–H groups in total. The summed E-state index contributed by atoms with van der Waals surface area (Å²) >= 11 is 1.54. The van der Waals surface area contributed by atoms with E-state index in [1.807, 2.05) is 33.1 Å². The van der Waals surface area contributed by atoms with Gasteiger partial charge < -0.3 is 14.8 Å². The minimum Gasteiger partial charge on any atom is -0.486 e. The van der Waals surface area contributed by atoms with Crippen molar-refractivity contribution >= 4 is 23.2 Å². The highest BCUT2D eigenvalue weighted by atomic mass is 32.1. The number of hydrogen-bond donors (Lipinski definition) is 1. The molecule has 1 amide bonds. The van der Waals surface area contributed by atoms with Crippen molar-refractivity contribution in [3.8, 4) is 5.75 Å². The SMILES string of the molecule is Cc1nc(COc2ccccc2C(=O)OCC(=O)NC(C)(C)C)cs1. The van der Waals surface area contributed by atoms with E-state index in [2.05, 4.69) is 10.3 Å². The van der Waals surface area contributed by atoms with E-state index in [1.54, 1.807) is 24.3 Å². The molecule has 2 aromatic rings. The molecule has 0 atom stereocenters. The van der Waals surface area contributed by atoms with Gasteiger partial charge in [-0.1, -0.05) is 12.1 Å². The van der Waals surface area contributed by atoms with Gasteiger partial charge in [-0.15, -0.1) is 11.3 Å². The van der Waals surface area contributed by atoms with E-state index in [9.17, 15) is 9.59 Å². The van der Waals surface area contributed by atoms with Gasteiger partial charge in [-0.25, -0.2) is 9.78 Å². The number of aromatic nitrogens is 1. The third kappa shape index (κ3) is 6.19. The van der Waals surface area contributed by atoms with E-state index in [1.165, 1.54) is 11.3 Å². The molecule has 0 aliphatic heterocycles. The molecule has 0 fully saturated rings. The number of aryl methyl sites for hydroxylation is 1. The molecule has 7 heteroatoms. The molecule has 25 heavy (non-hydrogen) atoms. The first-order chi connectivity index (χ1) is 11.7. The average molecular weight is 362 g/mol. The smallest absolute Gasteiger partial charge is 0.342 e. The van der Waals surface area contributed by atoms with Gasteiger partial charge in [0.2, 0.25) is 0 Å². The lowest BCUT2D eigenvalue weighted by molar-refractivity contribution is -0.125. The predicted molar refractivity (Wildman–Crippen MR) is 95.8 cm³/mol. The fraction of sp³-hybridized carbons (Fsp3) is 0.389. The first-order valence-corrected chi connectivity index (χ1v) is 8.73. The molecule has 1 aromatic carbocycles. The van der Waals surface area contributed by atoms with Crippen LogP contribution < -0.4 is 10.1 Å². The zero-order chi connectivity index (χ0) is 18.4. The van der Waals surface area contributed by atoms with Gasteiger partial charge in [0, 0.05) is 10.9 Å². The molecular formula is C18H22N2O4S. The number of rotatable bonds is 6. The molecule has 6 nitrogen and oxygen atoms in total. The Morgan fingerprint density at radius 1 is 1.24 bits per heavy atom. The van der Waals surface area contributed by atoms with Crippen LogP contribution in [0.15, 0.2) is 29.6 Å². The van der Waals surface area contributed by atoms with Crippen molar-refractivity contribution in [1.82, 2.24) is 10.3 Å². The highest BCUT2D eigenvalue weighted by molar-refractivity contribution is 7.09. The van der Waals surface area contributed by atoms with Gasteiger partial charge >= 0.3 is 5.97 Å². The fourth-order valence-electron chi connectivity index (χ4n) is 2.05. The second-order valence-electron chi connectivity index (χ2n) is 6.52. The van der Waals surface area contributed by atoms with Crippen LogP contribution in [-0.2, 0) is 16.1 Å². The van der Waals surface area contributed by atoms with Crippen molar-refractivity contribution in [2.45, 2.75) is 39.8 Å². The molecule has 0 aliphatic carbocycles. The van der Waals surface area contributed by atoms with E-state index in [0.717, 1.165) is 10.7 Å². The number of benzene rings is 1. The summed E-state index contributed by atoms with van der Waals surface area (Å²) in [6.45, 7) is 7.42.